The highest BCUT2D eigenvalue weighted by Crippen LogP contribution is 2.28. The molecule has 2 aliphatic heterocycles. The Hall–Kier alpha value is -1.00. The van der Waals surface area contributed by atoms with Crippen LogP contribution < -0.4 is 10.2 Å². The van der Waals surface area contributed by atoms with Crippen molar-refractivity contribution in [2.45, 2.75) is 37.4 Å². The van der Waals surface area contributed by atoms with Gasteiger partial charge in [-0.25, -0.2) is 0 Å². The van der Waals surface area contributed by atoms with Crippen LogP contribution in [0.25, 0.3) is 0 Å². The number of para-hydroxylation sites is 1. The maximum Gasteiger partial charge on any atom is 0.236 e. The topological polar surface area (TPSA) is 32.3 Å². The van der Waals surface area contributed by atoms with Crippen LogP contribution in [0.2, 0.25) is 0 Å². The number of piperidine rings is 1. The van der Waals surface area contributed by atoms with E-state index in [1.165, 1.54) is 24.8 Å². The SMILES string of the molecule is O=C(CSC1CCNCC1)N1CCCCc2ccccc21. The fourth-order valence-corrected chi connectivity index (χ4v) is 4.28. The summed E-state index contributed by atoms with van der Waals surface area (Å²) < 4.78 is 0. The van der Waals surface area contributed by atoms with Crippen molar-refractivity contribution in [3.05, 3.63) is 29.8 Å². The van der Waals surface area contributed by atoms with Gasteiger partial charge in [0.05, 0.1) is 5.75 Å². The number of benzene rings is 1. The first kappa shape index (κ1) is 14.9. The third kappa shape index (κ3) is 3.80. The second kappa shape index (κ2) is 7.32. The van der Waals surface area contributed by atoms with Gasteiger partial charge < -0.3 is 10.2 Å². The number of amides is 1. The minimum atomic E-state index is 0.285. The summed E-state index contributed by atoms with van der Waals surface area (Å²) in [5.41, 5.74) is 2.47. The van der Waals surface area contributed by atoms with Crippen molar-refractivity contribution < 1.29 is 4.79 Å². The van der Waals surface area contributed by atoms with E-state index in [-0.39, 0.29) is 5.91 Å². The van der Waals surface area contributed by atoms with Gasteiger partial charge in [0.15, 0.2) is 0 Å². The number of rotatable bonds is 3. The van der Waals surface area contributed by atoms with E-state index in [0.29, 0.717) is 11.0 Å². The Morgan fingerprint density at radius 3 is 2.90 bits per heavy atom. The van der Waals surface area contributed by atoms with Gasteiger partial charge in [-0.1, -0.05) is 18.2 Å². The van der Waals surface area contributed by atoms with E-state index in [1.807, 2.05) is 22.7 Å². The normalized spacial score (nSPS) is 19.9. The average Bonchev–Trinajstić information content (AvgIpc) is 2.76. The molecule has 3 rings (SSSR count). The van der Waals surface area contributed by atoms with Crippen LogP contribution in [-0.2, 0) is 11.2 Å². The predicted octanol–water partition coefficient (Wildman–Crippen LogP) is 2.84. The number of nitrogens with zero attached hydrogens (tertiary/aromatic N) is 1. The molecular weight excluding hydrogens is 280 g/mol. The first-order chi connectivity index (χ1) is 10.3. The van der Waals surface area contributed by atoms with Crippen molar-refractivity contribution >= 4 is 23.4 Å². The van der Waals surface area contributed by atoms with Crippen molar-refractivity contribution in [1.82, 2.24) is 5.32 Å². The van der Waals surface area contributed by atoms with Crippen LogP contribution in [0.4, 0.5) is 5.69 Å². The molecule has 2 aliphatic rings. The summed E-state index contributed by atoms with van der Waals surface area (Å²) in [4.78, 5) is 14.7. The van der Waals surface area contributed by atoms with E-state index in [0.717, 1.165) is 38.2 Å². The molecule has 0 radical (unpaired) electrons. The van der Waals surface area contributed by atoms with E-state index < -0.39 is 0 Å². The third-order valence-electron chi connectivity index (χ3n) is 4.39. The smallest absolute Gasteiger partial charge is 0.236 e. The van der Waals surface area contributed by atoms with Crippen molar-refractivity contribution in [1.29, 1.82) is 0 Å². The van der Waals surface area contributed by atoms with E-state index in [1.54, 1.807) is 0 Å². The number of fused-ring (bicyclic) bond motifs is 1. The Balaban J connectivity index is 1.63. The summed E-state index contributed by atoms with van der Waals surface area (Å²) in [7, 11) is 0. The molecule has 0 bridgehead atoms. The van der Waals surface area contributed by atoms with Crippen LogP contribution in [0, 0.1) is 0 Å². The summed E-state index contributed by atoms with van der Waals surface area (Å²) in [5.74, 6) is 0.909. The molecule has 0 spiro atoms. The highest BCUT2D eigenvalue weighted by molar-refractivity contribution is 8.00. The molecule has 3 nitrogen and oxygen atoms in total. The minimum absolute atomic E-state index is 0.285. The Kier molecular flexibility index (Phi) is 5.20. The van der Waals surface area contributed by atoms with Gasteiger partial charge in [-0.2, -0.15) is 0 Å². The van der Waals surface area contributed by atoms with E-state index in [2.05, 4.69) is 23.5 Å². The maximum atomic E-state index is 12.6. The first-order valence-corrected chi connectivity index (χ1v) is 9.10. The number of nitrogens with one attached hydrogen (secondary N) is 1. The summed E-state index contributed by atoms with van der Waals surface area (Å²) in [6.07, 6.45) is 5.77. The standard InChI is InChI=1S/C17H24N2OS/c20-17(13-21-15-8-10-18-11-9-15)19-12-4-3-6-14-5-1-2-7-16(14)19/h1-2,5,7,15,18H,3-4,6,8-13H2. The van der Waals surface area contributed by atoms with Gasteiger partial charge in [-0.3, -0.25) is 4.79 Å². The Morgan fingerprint density at radius 2 is 2.05 bits per heavy atom. The Bertz CT molecular complexity index is 485. The van der Waals surface area contributed by atoms with Crippen LogP contribution in [0.1, 0.15) is 31.2 Å². The molecule has 114 valence electrons. The molecular formula is C17H24N2OS. The van der Waals surface area contributed by atoms with Gasteiger partial charge in [-0.15, -0.1) is 11.8 Å². The molecule has 1 aromatic rings. The molecule has 1 amide bonds. The van der Waals surface area contributed by atoms with Gasteiger partial charge in [0, 0.05) is 17.5 Å². The highest BCUT2D eigenvalue weighted by Gasteiger charge is 2.22. The Labute approximate surface area is 131 Å². The lowest BCUT2D eigenvalue weighted by atomic mass is 10.1. The lowest BCUT2D eigenvalue weighted by Gasteiger charge is -2.25. The molecule has 1 saturated heterocycles. The van der Waals surface area contributed by atoms with E-state index in [9.17, 15) is 4.79 Å². The molecule has 0 atom stereocenters. The van der Waals surface area contributed by atoms with Gasteiger partial charge in [-0.05, 0) is 56.8 Å². The average molecular weight is 304 g/mol. The molecule has 0 unspecified atom stereocenters. The molecule has 1 N–H and O–H groups in total. The van der Waals surface area contributed by atoms with Crippen LogP contribution in [0.3, 0.4) is 0 Å². The number of anilines is 1. The lowest BCUT2D eigenvalue weighted by molar-refractivity contribution is -0.116. The zero-order valence-electron chi connectivity index (χ0n) is 12.5. The zero-order valence-corrected chi connectivity index (χ0v) is 13.3. The van der Waals surface area contributed by atoms with Crippen molar-refractivity contribution in [2.75, 3.05) is 30.3 Å². The third-order valence-corrected chi connectivity index (χ3v) is 5.75. The minimum Gasteiger partial charge on any atom is -0.317 e. The molecule has 0 aromatic heterocycles. The van der Waals surface area contributed by atoms with Gasteiger partial charge >= 0.3 is 0 Å². The summed E-state index contributed by atoms with van der Waals surface area (Å²) in [5, 5.41) is 4.03. The quantitative estimate of drug-likeness (QED) is 0.932. The molecule has 2 heterocycles. The van der Waals surface area contributed by atoms with Crippen LogP contribution in [0.5, 0.6) is 0 Å². The maximum absolute atomic E-state index is 12.6. The number of hydrogen-bond acceptors (Lipinski definition) is 3. The fourth-order valence-electron chi connectivity index (χ4n) is 3.18. The van der Waals surface area contributed by atoms with Crippen LogP contribution in [-0.4, -0.2) is 36.5 Å². The van der Waals surface area contributed by atoms with Crippen molar-refractivity contribution in [2.24, 2.45) is 0 Å². The van der Waals surface area contributed by atoms with E-state index in [4.69, 9.17) is 0 Å². The second-order valence-corrected chi connectivity index (χ2v) is 7.18. The number of carbonyl (C=O) groups excluding carboxylic acids is 1. The predicted molar refractivity (Wildman–Crippen MR) is 90.1 cm³/mol. The lowest BCUT2D eigenvalue weighted by Crippen LogP contribution is -2.35. The number of carbonyl (C=O) groups is 1. The molecule has 0 saturated carbocycles. The van der Waals surface area contributed by atoms with Crippen LogP contribution >= 0.6 is 11.8 Å². The Morgan fingerprint density at radius 1 is 1.24 bits per heavy atom. The molecule has 0 aliphatic carbocycles. The van der Waals surface area contributed by atoms with Gasteiger partial charge in [0.25, 0.3) is 0 Å². The monoisotopic (exact) mass is 304 g/mol. The van der Waals surface area contributed by atoms with Crippen LogP contribution in [0.15, 0.2) is 24.3 Å². The zero-order chi connectivity index (χ0) is 14.5. The van der Waals surface area contributed by atoms with Crippen molar-refractivity contribution in [3.63, 3.8) is 0 Å². The molecule has 1 fully saturated rings. The summed E-state index contributed by atoms with van der Waals surface area (Å²) in [6, 6.07) is 8.40. The summed E-state index contributed by atoms with van der Waals surface area (Å²) in [6.45, 7) is 3.07. The van der Waals surface area contributed by atoms with Crippen molar-refractivity contribution in [3.8, 4) is 0 Å². The molecule has 1 aromatic carbocycles. The van der Waals surface area contributed by atoms with Gasteiger partial charge in [0.2, 0.25) is 5.91 Å². The summed E-state index contributed by atoms with van der Waals surface area (Å²) >= 11 is 1.85. The first-order valence-electron chi connectivity index (χ1n) is 8.05. The fraction of sp³-hybridized carbons (Fsp3) is 0.588. The number of aryl methyl sites for hydroxylation is 1. The van der Waals surface area contributed by atoms with Gasteiger partial charge in [0.1, 0.15) is 0 Å². The molecule has 21 heavy (non-hydrogen) atoms. The highest BCUT2D eigenvalue weighted by atomic mass is 32.2. The van der Waals surface area contributed by atoms with E-state index >= 15 is 0 Å². The second-order valence-electron chi connectivity index (χ2n) is 5.89. The number of hydrogen-bond donors (Lipinski definition) is 1. The largest absolute Gasteiger partial charge is 0.317 e. The molecule has 4 heteroatoms. The number of thioether (sulfide) groups is 1.